The molecule has 0 N–H and O–H groups in total. The minimum atomic E-state index is -3.99. The Bertz CT molecular complexity index is 727. The van der Waals surface area contributed by atoms with Crippen LogP contribution in [0.4, 0.5) is 0 Å². The fourth-order valence-corrected chi connectivity index (χ4v) is 3.57. The Kier molecular flexibility index (Phi) is 4.84. The standard InChI is InChI=1S/C13H18O6S2/c1-5-19-12(14)13(2,3)21(17,18)11-8-6-10(7-9-11)20(4,15)16/h6-9H,5H2,1-4H3. The maximum Gasteiger partial charge on any atom is 0.327 e. The van der Waals surface area contributed by atoms with Crippen molar-refractivity contribution in [2.45, 2.75) is 35.3 Å². The number of sulfone groups is 2. The lowest BCUT2D eigenvalue weighted by atomic mass is 10.2. The zero-order chi connectivity index (χ0) is 16.5. The Hall–Kier alpha value is -1.41. The van der Waals surface area contributed by atoms with Crippen molar-refractivity contribution in [2.75, 3.05) is 12.9 Å². The topological polar surface area (TPSA) is 94.6 Å². The molecule has 0 saturated heterocycles. The molecule has 0 amide bonds. The summed E-state index contributed by atoms with van der Waals surface area (Å²) in [5.74, 6) is -0.850. The van der Waals surface area contributed by atoms with Crippen LogP contribution < -0.4 is 0 Å². The quantitative estimate of drug-likeness (QED) is 0.751. The molecule has 1 aromatic carbocycles. The van der Waals surface area contributed by atoms with E-state index in [2.05, 4.69) is 0 Å². The second kappa shape index (κ2) is 5.76. The summed E-state index contributed by atoms with van der Waals surface area (Å²) >= 11 is 0. The highest BCUT2D eigenvalue weighted by molar-refractivity contribution is 7.93. The third kappa shape index (κ3) is 3.44. The zero-order valence-corrected chi connectivity index (χ0v) is 13.9. The molecule has 0 atom stereocenters. The molecule has 21 heavy (non-hydrogen) atoms. The van der Waals surface area contributed by atoms with Crippen LogP contribution in [0.3, 0.4) is 0 Å². The Morgan fingerprint density at radius 2 is 1.48 bits per heavy atom. The summed E-state index contributed by atoms with van der Waals surface area (Å²) in [6.45, 7) is 4.17. The molecular weight excluding hydrogens is 316 g/mol. The highest BCUT2D eigenvalue weighted by atomic mass is 32.2. The number of hydrogen-bond donors (Lipinski definition) is 0. The van der Waals surface area contributed by atoms with Crippen LogP contribution in [0.5, 0.6) is 0 Å². The van der Waals surface area contributed by atoms with Crippen LogP contribution in [-0.4, -0.2) is 40.4 Å². The fourth-order valence-electron chi connectivity index (χ4n) is 1.58. The highest BCUT2D eigenvalue weighted by Gasteiger charge is 2.44. The van der Waals surface area contributed by atoms with Crippen molar-refractivity contribution in [1.82, 2.24) is 0 Å². The maximum absolute atomic E-state index is 12.5. The van der Waals surface area contributed by atoms with Crippen molar-refractivity contribution >= 4 is 25.6 Å². The van der Waals surface area contributed by atoms with Gasteiger partial charge < -0.3 is 4.74 Å². The summed E-state index contributed by atoms with van der Waals surface area (Å²) in [4.78, 5) is 11.7. The van der Waals surface area contributed by atoms with Crippen LogP contribution in [-0.2, 0) is 29.2 Å². The molecule has 0 radical (unpaired) electrons. The SMILES string of the molecule is CCOC(=O)C(C)(C)S(=O)(=O)c1ccc(S(C)(=O)=O)cc1. The maximum atomic E-state index is 12.5. The van der Waals surface area contributed by atoms with Gasteiger partial charge >= 0.3 is 5.97 Å². The van der Waals surface area contributed by atoms with Crippen molar-refractivity contribution in [2.24, 2.45) is 0 Å². The summed E-state index contributed by atoms with van der Waals surface area (Å²) in [5, 5.41) is 0. The Labute approximate surface area is 125 Å². The van der Waals surface area contributed by atoms with Gasteiger partial charge in [-0.25, -0.2) is 16.8 Å². The zero-order valence-electron chi connectivity index (χ0n) is 12.3. The first-order valence-electron chi connectivity index (χ1n) is 6.16. The second-order valence-electron chi connectivity index (χ2n) is 4.98. The summed E-state index contributed by atoms with van der Waals surface area (Å²) in [6, 6.07) is 4.74. The van der Waals surface area contributed by atoms with Gasteiger partial charge in [0, 0.05) is 6.26 Å². The van der Waals surface area contributed by atoms with E-state index in [1.54, 1.807) is 6.92 Å². The minimum Gasteiger partial charge on any atom is -0.465 e. The number of benzene rings is 1. The number of carbonyl (C=O) groups is 1. The summed E-state index contributed by atoms with van der Waals surface area (Å²) in [6.07, 6.45) is 1.03. The lowest BCUT2D eigenvalue weighted by Crippen LogP contribution is -2.42. The van der Waals surface area contributed by atoms with E-state index in [1.807, 2.05) is 0 Å². The second-order valence-corrected chi connectivity index (χ2v) is 9.49. The van der Waals surface area contributed by atoms with E-state index < -0.39 is 30.4 Å². The first-order chi connectivity index (χ1) is 9.44. The Morgan fingerprint density at radius 3 is 1.86 bits per heavy atom. The largest absolute Gasteiger partial charge is 0.465 e. The van der Waals surface area contributed by atoms with E-state index in [-0.39, 0.29) is 16.4 Å². The molecule has 0 saturated carbocycles. The molecule has 8 heteroatoms. The third-order valence-electron chi connectivity index (χ3n) is 3.00. The van der Waals surface area contributed by atoms with Gasteiger partial charge in [0.05, 0.1) is 16.4 Å². The van der Waals surface area contributed by atoms with Gasteiger partial charge in [0.1, 0.15) is 0 Å². The average Bonchev–Trinajstić information content (AvgIpc) is 2.37. The summed E-state index contributed by atoms with van der Waals surface area (Å²) < 4.78 is 50.7. The predicted molar refractivity (Wildman–Crippen MR) is 77.4 cm³/mol. The Morgan fingerprint density at radius 1 is 1.05 bits per heavy atom. The van der Waals surface area contributed by atoms with Crippen molar-refractivity contribution in [3.05, 3.63) is 24.3 Å². The normalized spacial score (nSPS) is 13.0. The van der Waals surface area contributed by atoms with E-state index in [4.69, 9.17) is 4.74 Å². The van der Waals surface area contributed by atoms with E-state index in [1.165, 1.54) is 38.1 Å². The van der Waals surface area contributed by atoms with Crippen molar-refractivity contribution < 1.29 is 26.4 Å². The molecule has 118 valence electrons. The van der Waals surface area contributed by atoms with Gasteiger partial charge in [-0.1, -0.05) is 0 Å². The predicted octanol–water partition coefficient (Wildman–Crippen LogP) is 1.21. The first kappa shape index (κ1) is 17.6. The van der Waals surface area contributed by atoms with Crippen LogP contribution >= 0.6 is 0 Å². The van der Waals surface area contributed by atoms with Crippen LogP contribution in [0.2, 0.25) is 0 Å². The van der Waals surface area contributed by atoms with Gasteiger partial charge in [-0.05, 0) is 45.0 Å². The van der Waals surface area contributed by atoms with Gasteiger partial charge in [0.2, 0.25) is 0 Å². The first-order valence-corrected chi connectivity index (χ1v) is 9.54. The molecule has 6 nitrogen and oxygen atoms in total. The van der Waals surface area contributed by atoms with E-state index in [9.17, 15) is 21.6 Å². The molecule has 0 aliphatic heterocycles. The molecule has 1 rings (SSSR count). The third-order valence-corrected chi connectivity index (χ3v) is 6.53. The van der Waals surface area contributed by atoms with Crippen LogP contribution in [0, 0.1) is 0 Å². The van der Waals surface area contributed by atoms with E-state index in [0.717, 1.165) is 6.26 Å². The molecule has 0 unspecified atom stereocenters. The van der Waals surface area contributed by atoms with E-state index >= 15 is 0 Å². The molecule has 1 aromatic rings. The number of ether oxygens (including phenoxy) is 1. The smallest absolute Gasteiger partial charge is 0.327 e. The monoisotopic (exact) mass is 334 g/mol. The van der Waals surface area contributed by atoms with Gasteiger partial charge in [-0.15, -0.1) is 0 Å². The lowest BCUT2D eigenvalue weighted by Gasteiger charge is -2.22. The number of carbonyl (C=O) groups excluding carboxylic acids is 1. The van der Waals surface area contributed by atoms with Gasteiger partial charge in [-0.3, -0.25) is 4.79 Å². The number of hydrogen-bond acceptors (Lipinski definition) is 6. The van der Waals surface area contributed by atoms with Crippen molar-refractivity contribution in [3.8, 4) is 0 Å². The summed E-state index contributed by atoms with van der Waals surface area (Å²) in [7, 11) is -7.40. The molecule has 0 bridgehead atoms. The highest BCUT2D eigenvalue weighted by Crippen LogP contribution is 2.27. The summed E-state index contributed by atoms with van der Waals surface area (Å²) in [5.41, 5.74) is 0. The minimum absolute atomic E-state index is 0.00962. The van der Waals surface area contributed by atoms with Crippen LogP contribution in [0.15, 0.2) is 34.1 Å². The molecule has 0 fully saturated rings. The van der Waals surface area contributed by atoms with Gasteiger partial charge in [-0.2, -0.15) is 0 Å². The van der Waals surface area contributed by atoms with Crippen LogP contribution in [0.25, 0.3) is 0 Å². The molecular formula is C13H18O6S2. The Balaban J connectivity index is 3.29. The van der Waals surface area contributed by atoms with Gasteiger partial charge in [0.15, 0.2) is 24.4 Å². The molecule has 0 aromatic heterocycles. The number of rotatable bonds is 5. The fraction of sp³-hybridized carbons (Fsp3) is 0.462. The van der Waals surface area contributed by atoms with Crippen LogP contribution in [0.1, 0.15) is 20.8 Å². The molecule has 0 spiro atoms. The molecule has 0 aliphatic carbocycles. The van der Waals surface area contributed by atoms with E-state index in [0.29, 0.717) is 0 Å². The van der Waals surface area contributed by atoms with Crippen molar-refractivity contribution in [3.63, 3.8) is 0 Å². The molecule has 0 heterocycles. The van der Waals surface area contributed by atoms with Gasteiger partial charge in [0.25, 0.3) is 0 Å². The average molecular weight is 334 g/mol. The number of esters is 1. The van der Waals surface area contributed by atoms with Crippen molar-refractivity contribution in [1.29, 1.82) is 0 Å². The molecule has 0 aliphatic rings. The lowest BCUT2D eigenvalue weighted by molar-refractivity contribution is -0.145.